The van der Waals surface area contributed by atoms with Crippen molar-refractivity contribution in [2.75, 3.05) is 61.6 Å². The minimum atomic E-state index is -0.133. The summed E-state index contributed by atoms with van der Waals surface area (Å²) in [7, 11) is 1.70. The first kappa shape index (κ1) is 30.7. The van der Waals surface area contributed by atoms with Crippen LogP contribution in [0.5, 0.6) is 5.75 Å². The smallest absolute Gasteiger partial charge is 0.253 e. The zero-order valence-corrected chi connectivity index (χ0v) is 25.0. The molecule has 2 saturated heterocycles. The maximum atomic E-state index is 13.5. The van der Waals surface area contributed by atoms with Crippen molar-refractivity contribution >= 4 is 28.9 Å². The Hall–Kier alpha value is -3.26. The zero-order chi connectivity index (χ0) is 28.9. The molecule has 0 spiro atoms. The van der Waals surface area contributed by atoms with E-state index in [0.717, 1.165) is 75.6 Å². The molecule has 2 amide bonds. The number of hydrogen-bond acceptors (Lipinski definition) is 6. The molecule has 2 heterocycles. The number of para-hydroxylation sites is 2. The van der Waals surface area contributed by atoms with Crippen LogP contribution in [0, 0.1) is 0 Å². The predicted molar refractivity (Wildman–Crippen MR) is 166 cm³/mol. The van der Waals surface area contributed by atoms with Gasteiger partial charge in [-0.1, -0.05) is 57.6 Å². The van der Waals surface area contributed by atoms with E-state index in [4.69, 9.17) is 9.47 Å². The number of carbonyl (C=O) groups excluding carboxylic acids is 2. The van der Waals surface area contributed by atoms with E-state index in [1.165, 1.54) is 32.1 Å². The maximum absolute atomic E-state index is 13.5. The summed E-state index contributed by atoms with van der Waals surface area (Å²) in [6.45, 7) is 6.64. The Morgan fingerprint density at radius 2 is 1.63 bits per heavy atom. The first-order valence-electron chi connectivity index (χ1n) is 15.6. The Morgan fingerprint density at radius 1 is 0.927 bits per heavy atom. The lowest BCUT2D eigenvalue weighted by molar-refractivity contribution is -0.116. The number of anilines is 3. The first-order chi connectivity index (χ1) is 20.1. The number of methoxy groups -OCH3 is 1. The van der Waals surface area contributed by atoms with Gasteiger partial charge in [-0.2, -0.15) is 0 Å². The Morgan fingerprint density at radius 3 is 2.34 bits per heavy atom. The van der Waals surface area contributed by atoms with E-state index >= 15 is 0 Å². The van der Waals surface area contributed by atoms with Gasteiger partial charge in [-0.15, -0.1) is 0 Å². The highest BCUT2D eigenvalue weighted by molar-refractivity contribution is 6.02. The van der Waals surface area contributed by atoms with Crippen molar-refractivity contribution in [3.05, 3.63) is 48.0 Å². The molecular formula is C33H48N4O4. The fraction of sp³-hybridized carbons (Fsp3) is 0.576. The fourth-order valence-electron chi connectivity index (χ4n) is 5.72. The first-order valence-corrected chi connectivity index (χ1v) is 15.6. The van der Waals surface area contributed by atoms with E-state index in [0.29, 0.717) is 24.2 Å². The molecule has 2 aliphatic rings. The highest BCUT2D eigenvalue weighted by Crippen LogP contribution is 2.31. The third-order valence-corrected chi connectivity index (χ3v) is 8.09. The van der Waals surface area contributed by atoms with Gasteiger partial charge >= 0.3 is 0 Å². The minimum Gasteiger partial charge on any atom is -0.495 e. The molecule has 2 aromatic rings. The van der Waals surface area contributed by atoms with Gasteiger partial charge in [-0.05, 0) is 49.6 Å². The number of unbranched alkanes of at least 4 members (excludes halogenated alkanes) is 6. The second-order valence-corrected chi connectivity index (χ2v) is 11.1. The average molecular weight is 565 g/mol. The topological polar surface area (TPSA) is 83.1 Å². The van der Waals surface area contributed by atoms with Gasteiger partial charge in [0.1, 0.15) is 5.75 Å². The maximum Gasteiger partial charge on any atom is 0.253 e. The van der Waals surface area contributed by atoms with Crippen molar-refractivity contribution in [2.45, 2.75) is 77.2 Å². The zero-order valence-electron chi connectivity index (χ0n) is 25.0. The molecule has 0 radical (unpaired) electrons. The van der Waals surface area contributed by atoms with Crippen LogP contribution in [0.25, 0.3) is 0 Å². The number of benzene rings is 2. The Bertz CT molecular complexity index is 1110. The largest absolute Gasteiger partial charge is 0.495 e. The SMILES string of the molecule is CCCCCCCCCC(=O)Nc1ccc(N2CCN(c3ccccc3OC)CC2)c(C(=O)NCC2CCCO2)c1. The molecule has 2 aliphatic heterocycles. The van der Waals surface area contributed by atoms with Crippen molar-refractivity contribution in [3.8, 4) is 5.75 Å². The standard InChI is InChI=1S/C33H48N4O4/c1-3-4-5-6-7-8-9-16-32(38)35-26-17-18-29(28(24-26)33(39)34-25-27-13-12-23-41-27)36-19-21-37(22-20-36)30-14-10-11-15-31(30)40-2/h10-11,14-15,17-18,24,27H,3-9,12-13,16,19-23,25H2,1-2H3,(H,34,39)(H,35,38). The van der Waals surface area contributed by atoms with Crippen molar-refractivity contribution in [1.82, 2.24) is 5.32 Å². The monoisotopic (exact) mass is 564 g/mol. The molecule has 4 rings (SSSR count). The van der Waals surface area contributed by atoms with Crippen LogP contribution >= 0.6 is 0 Å². The van der Waals surface area contributed by atoms with Gasteiger partial charge in [0, 0.05) is 57.1 Å². The molecule has 41 heavy (non-hydrogen) atoms. The highest BCUT2D eigenvalue weighted by atomic mass is 16.5. The van der Waals surface area contributed by atoms with Crippen molar-refractivity contribution in [2.24, 2.45) is 0 Å². The van der Waals surface area contributed by atoms with E-state index in [1.54, 1.807) is 7.11 Å². The lowest BCUT2D eigenvalue weighted by atomic mass is 10.1. The van der Waals surface area contributed by atoms with Crippen molar-refractivity contribution in [3.63, 3.8) is 0 Å². The average Bonchev–Trinajstić information content (AvgIpc) is 3.53. The summed E-state index contributed by atoms with van der Waals surface area (Å²) in [4.78, 5) is 30.7. The summed E-state index contributed by atoms with van der Waals surface area (Å²) in [5, 5.41) is 6.12. The summed E-state index contributed by atoms with van der Waals surface area (Å²) in [5.41, 5.74) is 3.22. The van der Waals surface area contributed by atoms with Crippen LogP contribution in [0.4, 0.5) is 17.1 Å². The molecular weight excluding hydrogens is 516 g/mol. The Kier molecular flexibility index (Phi) is 12.2. The van der Waals surface area contributed by atoms with E-state index in [-0.39, 0.29) is 17.9 Å². The van der Waals surface area contributed by atoms with Crippen LogP contribution in [0.1, 0.15) is 81.5 Å². The van der Waals surface area contributed by atoms with Gasteiger partial charge in [-0.25, -0.2) is 0 Å². The van der Waals surface area contributed by atoms with E-state index < -0.39 is 0 Å². The van der Waals surface area contributed by atoms with E-state index in [9.17, 15) is 9.59 Å². The summed E-state index contributed by atoms with van der Waals surface area (Å²) in [6.07, 6.45) is 10.8. The minimum absolute atomic E-state index is 0.00226. The number of carbonyl (C=O) groups is 2. The summed E-state index contributed by atoms with van der Waals surface area (Å²) in [6, 6.07) is 13.8. The quantitative estimate of drug-likeness (QED) is 0.258. The molecule has 0 bridgehead atoms. The summed E-state index contributed by atoms with van der Waals surface area (Å²) in [5.74, 6) is 0.736. The summed E-state index contributed by atoms with van der Waals surface area (Å²) < 4.78 is 11.3. The molecule has 2 aromatic carbocycles. The van der Waals surface area contributed by atoms with Crippen LogP contribution in [0.3, 0.4) is 0 Å². The van der Waals surface area contributed by atoms with Gasteiger partial charge in [0.15, 0.2) is 0 Å². The highest BCUT2D eigenvalue weighted by Gasteiger charge is 2.25. The number of rotatable bonds is 15. The lowest BCUT2D eigenvalue weighted by Crippen LogP contribution is -2.47. The van der Waals surface area contributed by atoms with Crippen LogP contribution in [0.2, 0.25) is 0 Å². The second kappa shape index (κ2) is 16.2. The number of nitrogens with one attached hydrogen (secondary N) is 2. The number of amides is 2. The Balaban J connectivity index is 1.39. The summed E-state index contributed by atoms with van der Waals surface area (Å²) >= 11 is 0. The molecule has 2 fully saturated rings. The predicted octanol–water partition coefficient (Wildman–Crippen LogP) is 6.01. The third-order valence-electron chi connectivity index (χ3n) is 8.09. The number of nitrogens with zero attached hydrogens (tertiary/aromatic N) is 2. The van der Waals surface area contributed by atoms with Crippen LogP contribution in [0.15, 0.2) is 42.5 Å². The van der Waals surface area contributed by atoms with Gasteiger partial charge in [0.05, 0.1) is 24.5 Å². The molecule has 0 aliphatic carbocycles. The molecule has 224 valence electrons. The second-order valence-electron chi connectivity index (χ2n) is 11.1. The molecule has 8 nitrogen and oxygen atoms in total. The number of hydrogen-bond donors (Lipinski definition) is 2. The van der Waals surface area contributed by atoms with Gasteiger partial charge in [0.2, 0.25) is 5.91 Å². The molecule has 2 N–H and O–H groups in total. The fourth-order valence-corrected chi connectivity index (χ4v) is 5.72. The third kappa shape index (κ3) is 9.12. The van der Waals surface area contributed by atoms with Crippen molar-refractivity contribution in [1.29, 1.82) is 0 Å². The molecule has 8 heteroatoms. The van der Waals surface area contributed by atoms with Crippen molar-refractivity contribution < 1.29 is 19.1 Å². The Labute approximate surface area is 245 Å². The van der Waals surface area contributed by atoms with Gasteiger partial charge in [0.25, 0.3) is 5.91 Å². The molecule has 1 atom stereocenters. The van der Waals surface area contributed by atoms with Crippen LogP contribution in [-0.4, -0.2) is 64.4 Å². The number of piperazine rings is 1. The molecule has 1 unspecified atom stereocenters. The van der Waals surface area contributed by atoms with Crippen LogP contribution in [-0.2, 0) is 9.53 Å². The normalized spacial score (nSPS) is 17.0. The van der Waals surface area contributed by atoms with Crippen LogP contribution < -0.4 is 25.2 Å². The molecule has 0 saturated carbocycles. The van der Waals surface area contributed by atoms with E-state index in [1.807, 2.05) is 36.4 Å². The van der Waals surface area contributed by atoms with Gasteiger partial charge < -0.3 is 29.9 Å². The number of ether oxygens (including phenoxy) is 2. The van der Waals surface area contributed by atoms with Gasteiger partial charge in [-0.3, -0.25) is 9.59 Å². The molecule has 0 aromatic heterocycles. The lowest BCUT2D eigenvalue weighted by Gasteiger charge is -2.38. The van der Waals surface area contributed by atoms with E-state index in [2.05, 4.69) is 33.4 Å².